The summed E-state index contributed by atoms with van der Waals surface area (Å²) in [6, 6.07) is 7.19. The number of hydrogen-bond donors (Lipinski definition) is 1. The molecule has 0 radical (unpaired) electrons. The number of fused-ring (bicyclic) bond motifs is 1. The lowest BCUT2D eigenvalue weighted by Gasteiger charge is -2.29. The molecule has 6 nitrogen and oxygen atoms in total. The first-order chi connectivity index (χ1) is 13.6. The van der Waals surface area contributed by atoms with Gasteiger partial charge in [0.25, 0.3) is 0 Å². The highest BCUT2D eigenvalue weighted by Crippen LogP contribution is 2.35. The number of aromatic nitrogens is 3. The zero-order valence-corrected chi connectivity index (χ0v) is 17.8. The van der Waals surface area contributed by atoms with Crippen LogP contribution >= 0.6 is 34.7 Å². The molecule has 3 heterocycles. The van der Waals surface area contributed by atoms with E-state index in [4.69, 9.17) is 16.6 Å². The van der Waals surface area contributed by atoms with Crippen molar-refractivity contribution in [1.29, 1.82) is 0 Å². The Morgan fingerprint density at radius 1 is 1.32 bits per heavy atom. The van der Waals surface area contributed by atoms with E-state index in [1.807, 2.05) is 12.1 Å². The number of para-hydroxylation sites is 1. The lowest BCUT2D eigenvalue weighted by molar-refractivity contribution is -0.113. The maximum Gasteiger partial charge on any atom is 0.234 e. The van der Waals surface area contributed by atoms with Gasteiger partial charge in [-0.05, 0) is 30.9 Å². The number of carbonyl (C=O) groups is 1. The average molecular weight is 434 g/mol. The van der Waals surface area contributed by atoms with Gasteiger partial charge >= 0.3 is 0 Å². The largest absolute Gasteiger partial charge is 0.348 e. The van der Waals surface area contributed by atoms with Crippen molar-refractivity contribution in [2.45, 2.75) is 24.8 Å². The Balaban J connectivity index is 1.45. The molecule has 1 aromatic carbocycles. The number of hydrogen-bond acceptors (Lipinski definition) is 7. The van der Waals surface area contributed by atoms with Crippen molar-refractivity contribution in [3.05, 3.63) is 35.6 Å². The number of carbonyl (C=O) groups excluding carboxylic acids is 1. The van der Waals surface area contributed by atoms with Gasteiger partial charge in [0.1, 0.15) is 16.1 Å². The van der Waals surface area contributed by atoms with Crippen molar-refractivity contribution in [3.8, 4) is 0 Å². The van der Waals surface area contributed by atoms with Crippen molar-refractivity contribution in [2.75, 3.05) is 29.1 Å². The standard InChI is InChI=1S/C19H20ClN5OS2/c1-12-6-8-25(9-7-12)19-24-17-16(28-19)18(22-11-21-17)27-10-15(26)23-14-5-3-2-4-13(14)20/h2-5,11-12H,6-10H2,1H3,(H,23,26). The highest BCUT2D eigenvalue weighted by molar-refractivity contribution is 8.00. The molecule has 4 rings (SSSR count). The van der Waals surface area contributed by atoms with Crippen LogP contribution in [0.3, 0.4) is 0 Å². The molecule has 0 bridgehead atoms. The van der Waals surface area contributed by atoms with E-state index < -0.39 is 0 Å². The van der Waals surface area contributed by atoms with Gasteiger partial charge in [0, 0.05) is 13.1 Å². The molecule has 3 aromatic rings. The number of amides is 1. The number of piperidine rings is 1. The predicted molar refractivity (Wildman–Crippen MR) is 117 cm³/mol. The van der Waals surface area contributed by atoms with Crippen LogP contribution in [0.2, 0.25) is 5.02 Å². The van der Waals surface area contributed by atoms with Crippen LogP contribution < -0.4 is 10.2 Å². The number of nitrogens with zero attached hydrogens (tertiary/aromatic N) is 4. The normalized spacial score (nSPS) is 15.1. The second-order valence-electron chi connectivity index (χ2n) is 6.81. The maximum atomic E-state index is 12.3. The lowest BCUT2D eigenvalue weighted by Crippen LogP contribution is -2.32. The Bertz CT molecular complexity index is 987. The number of nitrogens with one attached hydrogen (secondary N) is 1. The van der Waals surface area contributed by atoms with Gasteiger partial charge in [-0.2, -0.15) is 4.98 Å². The fourth-order valence-electron chi connectivity index (χ4n) is 3.04. The minimum absolute atomic E-state index is 0.125. The SMILES string of the molecule is CC1CCN(c2nc3ncnc(SCC(=O)Nc4ccccc4Cl)c3s2)CC1. The summed E-state index contributed by atoms with van der Waals surface area (Å²) >= 11 is 9.09. The van der Waals surface area contributed by atoms with E-state index in [0.717, 1.165) is 33.9 Å². The summed E-state index contributed by atoms with van der Waals surface area (Å²) in [7, 11) is 0. The molecule has 1 saturated heterocycles. The Labute approximate surface area is 176 Å². The van der Waals surface area contributed by atoms with Gasteiger partial charge in [0.2, 0.25) is 5.91 Å². The molecule has 0 saturated carbocycles. The van der Waals surface area contributed by atoms with Gasteiger partial charge in [0.15, 0.2) is 10.8 Å². The molecule has 28 heavy (non-hydrogen) atoms. The van der Waals surface area contributed by atoms with Gasteiger partial charge < -0.3 is 10.2 Å². The third-order valence-corrected chi connectivity index (χ3v) is 7.25. The first kappa shape index (κ1) is 19.4. The Morgan fingerprint density at radius 3 is 2.89 bits per heavy atom. The molecule has 1 aliphatic heterocycles. The van der Waals surface area contributed by atoms with E-state index in [9.17, 15) is 4.79 Å². The van der Waals surface area contributed by atoms with Crippen LogP contribution in [0.5, 0.6) is 0 Å². The van der Waals surface area contributed by atoms with Gasteiger partial charge in [-0.3, -0.25) is 4.79 Å². The molecule has 0 atom stereocenters. The zero-order valence-electron chi connectivity index (χ0n) is 15.4. The summed E-state index contributed by atoms with van der Waals surface area (Å²) in [5, 5.41) is 5.13. The van der Waals surface area contributed by atoms with E-state index in [0.29, 0.717) is 16.4 Å². The van der Waals surface area contributed by atoms with Gasteiger partial charge in [-0.25, -0.2) is 9.97 Å². The number of anilines is 2. The number of benzene rings is 1. The summed E-state index contributed by atoms with van der Waals surface area (Å²) in [5.41, 5.74) is 1.31. The maximum absolute atomic E-state index is 12.3. The highest BCUT2D eigenvalue weighted by atomic mass is 35.5. The highest BCUT2D eigenvalue weighted by Gasteiger charge is 2.21. The fraction of sp³-hybridized carbons (Fsp3) is 0.368. The summed E-state index contributed by atoms with van der Waals surface area (Å²) < 4.78 is 0.937. The van der Waals surface area contributed by atoms with Gasteiger partial charge in [-0.1, -0.05) is 53.8 Å². The Kier molecular flexibility index (Phi) is 5.99. The second kappa shape index (κ2) is 8.63. The summed E-state index contributed by atoms with van der Waals surface area (Å²) in [5.74, 6) is 0.888. The number of halogens is 1. The van der Waals surface area contributed by atoms with Crippen molar-refractivity contribution in [3.63, 3.8) is 0 Å². The Hall–Kier alpha value is -1.90. The molecule has 2 aromatic heterocycles. The minimum Gasteiger partial charge on any atom is -0.348 e. The van der Waals surface area contributed by atoms with Crippen molar-refractivity contribution >= 4 is 61.8 Å². The predicted octanol–water partition coefficient (Wildman–Crippen LogP) is 4.71. The van der Waals surface area contributed by atoms with Crippen LogP contribution in [0.15, 0.2) is 35.6 Å². The Morgan fingerprint density at radius 2 is 2.11 bits per heavy atom. The molecule has 1 N–H and O–H groups in total. The summed E-state index contributed by atoms with van der Waals surface area (Å²) in [4.78, 5) is 28.0. The summed E-state index contributed by atoms with van der Waals surface area (Å²) in [6.07, 6.45) is 3.88. The van der Waals surface area contributed by atoms with Crippen molar-refractivity contribution in [2.24, 2.45) is 5.92 Å². The van der Waals surface area contributed by atoms with E-state index >= 15 is 0 Å². The molecule has 0 spiro atoms. The molecule has 1 aliphatic rings. The quantitative estimate of drug-likeness (QED) is 0.464. The first-order valence-corrected chi connectivity index (χ1v) is 11.3. The zero-order chi connectivity index (χ0) is 19.5. The summed E-state index contributed by atoms with van der Waals surface area (Å²) in [6.45, 7) is 4.35. The number of thioether (sulfide) groups is 1. The molecule has 0 aliphatic carbocycles. The molecule has 0 unspecified atom stereocenters. The van der Waals surface area contributed by atoms with E-state index in [-0.39, 0.29) is 11.7 Å². The van der Waals surface area contributed by atoms with Crippen LogP contribution in [-0.4, -0.2) is 39.7 Å². The van der Waals surface area contributed by atoms with Gasteiger partial charge in [-0.15, -0.1) is 0 Å². The van der Waals surface area contributed by atoms with E-state index in [1.165, 1.54) is 30.9 Å². The first-order valence-electron chi connectivity index (χ1n) is 9.14. The van der Waals surface area contributed by atoms with E-state index in [2.05, 4.69) is 27.1 Å². The third kappa shape index (κ3) is 4.39. The topological polar surface area (TPSA) is 71.0 Å². The number of rotatable bonds is 5. The van der Waals surface area contributed by atoms with Crippen LogP contribution in [0, 0.1) is 5.92 Å². The average Bonchev–Trinajstić information content (AvgIpc) is 3.13. The molecule has 1 amide bonds. The monoisotopic (exact) mass is 433 g/mol. The molecular weight excluding hydrogens is 414 g/mol. The van der Waals surface area contributed by atoms with E-state index in [1.54, 1.807) is 23.5 Å². The van der Waals surface area contributed by atoms with Crippen LogP contribution in [-0.2, 0) is 4.79 Å². The fourth-order valence-corrected chi connectivity index (χ4v) is 5.17. The molecule has 9 heteroatoms. The number of thiazole rings is 1. The van der Waals surface area contributed by atoms with Crippen LogP contribution in [0.25, 0.3) is 10.3 Å². The van der Waals surface area contributed by atoms with Gasteiger partial charge in [0.05, 0.1) is 16.5 Å². The third-order valence-electron chi connectivity index (χ3n) is 4.69. The second-order valence-corrected chi connectivity index (χ2v) is 9.16. The molecule has 1 fully saturated rings. The molecule has 146 valence electrons. The van der Waals surface area contributed by atoms with Crippen molar-refractivity contribution in [1.82, 2.24) is 15.0 Å². The molecular formula is C19H20ClN5OS2. The minimum atomic E-state index is -0.125. The van der Waals surface area contributed by atoms with Crippen molar-refractivity contribution < 1.29 is 4.79 Å². The van der Waals surface area contributed by atoms with Crippen LogP contribution in [0.4, 0.5) is 10.8 Å². The lowest BCUT2D eigenvalue weighted by atomic mass is 10.00. The van der Waals surface area contributed by atoms with Crippen LogP contribution in [0.1, 0.15) is 19.8 Å². The smallest absolute Gasteiger partial charge is 0.234 e.